The summed E-state index contributed by atoms with van der Waals surface area (Å²) in [6.07, 6.45) is -0.228. The lowest BCUT2D eigenvalue weighted by Crippen LogP contribution is -2.33. The van der Waals surface area contributed by atoms with Gasteiger partial charge in [-0.3, -0.25) is 10.1 Å². The summed E-state index contributed by atoms with van der Waals surface area (Å²) >= 11 is 0.773. The molecular formula is C27H25F3N6O4S. The van der Waals surface area contributed by atoms with E-state index in [1.165, 1.54) is 24.5 Å². The number of pyridine rings is 2. The SMILES string of the molecule is CCNC(=O)Nc1cc(-c2nc(C(F)(F)F)cs2)c(-c2ccc3c(c2)c(=O)c(C(=O)O)cn3C2CCCNC2)cn1. The van der Waals surface area contributed by atoms with Crippen molar-refractivity contribution >= 4 is 40.1 Å². The molecule has 41 heavy (non-hydrogen) atoms. The summed E-state index contributed by atoms with van der Waals surface area (Å²) in [5, 5.41) is 19.2. The number of carbonyl (C=O) groups excluding carboxylic acids is 1. The zero-order chi connectivity index (χ0) is 29.3. The van der Waals surface area contributed by atoms with Crippen molar-refractivity contribution in [2.45, 2.75) is 32.0 Å². The normalized spacial score (nSPS) is 15.6. The average molecular weight is 587 g/mol. The number of carboxylic acids is 1. The van der Waals surface area contributed by atoms with Crippen molar-refractivity contribution in [1.82, 2.24) is 25.2 Å². The molecule has 1 aliphatic rings. The van der Waals surface area contributed by atoms with Crippen molar-refractivity contribution in [2.75, 3.05) is 25.0 Å². The van der Waals surface area contributed by atoms with Gasteiger partial charge in [0.15, 0.2) is 5.69 Å². The van der Waals surface area contributed by atoms with Crippen molar-refractivity contribution in [2.24, 2.45) is 0 Å². The van der Waals surface area contributed by atoms with Gasteiger partial charge in [-0.15, -0.1) is 11.3 Å². The second kappa shape index (κ2) is 11.3. The van der Waals surface area contributed by atoms with E-state index in [1.807, 2.05) is 0 Å². The second-order valence-electron chi connectivity index (χ2n) is 9.45. The number of aromatic carboxylic acids is 1. The average Bonchev–Trinajstić information content (AvgIpc) is 3.45. The minimum Gasteiger partial charge on any atom is -0.477 e. The maximum Gasteiger partial charge on any atom is 0.434 e. The third kappa shape index (κ3) is 5.79. The van der Waals surface area contributed by atoms with Crippen LogP contribution in [0.25, 0.3) is 32.6 Å². The molecule has 1 fully saturated rings. The number of urea groups is 1. The van der Waals surface area contributed by atoms with Gasteiger partial charge in [0, 0.05) is 53.4 Å². The van der Waals surface area contributed by atoms with E-state index < -0.39 is 29.3 Å². The minimum absolute atomic E-state index is 0.0266. The van der Waals surface area contributed by atoms with Crippen LogP contribution in [0.3, 0.4) is 0 Å². The number of hydrogen-bond acceptors (Lipinski definition) is 7. The number of piperidine rings is 1. The van der Waals surface area contributed by atoms with Crippen LogP contribution < -0.4 is 21.4 Å². The van der Waals surface area contributed by atoms with Crippen molar-refractivity contribution in [3.63, 3.8) is 0 Å². The Morgan fingerprint density at radius 1 is 1.24 bits per heavy atom. The molecule has 0 aliphatic carbocycles. The molecule has 1 atom stereocenters. The van der Waals surface area contributed by atoms with Gasteiger partial charge in [0.25, 0.3) is 0 Å². The molecule has 10 nitrogen and oxygen atoms in total. The number of aromatic nitrogens is 3. The van der Waals surface area contributed by atoms with Gasteiger partial charge >= 0.3 is 18.2 Å². The number of fused-ring (bicyclic) bond motifs is 1. The van der Waals surface area contributed by atoms with Crippen LogP contribution in [0, 0.1) is 0 Å². The molecule has 0 saturated carbocycles. The predicted molar refractivity (Wildman–Crippen MR) is 148 cm³/mol. The molecule has 2 amide bonds. The highest BCUT2D eigenvalue weighted by Gasteiger charge is 2.34. The van der Waals surface area contributed by atoms with Gasteiger partial charge in [-0.1, -0.05) is 6.07 Å². The highest BCUT2D eigenvalue weighted by Crippen LogP contribution is 2.39. The Hall–Kier alpha value is -4.30. The molecule has 214 valence electrons. The van der Waals surface area contributed by atoms with Crippen LogP contribution in [-0.2, 0) is 6.18 Å². The number of carboxylic acid groups (broad SMARTS) is 1. The quantitative estimate of drug-likeness (QED) is 0.250. The zero-order valence-electron chi connectivity index (χ0n) is 21.7. The van der Waals surface area contributed by atoms with Crippen LogP contribution in [0.2, 0.25) is 0 Å². The Morgan fingerprint density at radius 3 is 2.71 bits per heavy atom. The molecule has 4 N–H and O–H groups in total. The predicted octanol–water partition coefficient (Wildman–Crippen LogP) is 4.97. The van der Waals surface area contributed by atoms with Crippen LogP contribution >= 0.6 is 11.3 Å². The molecule has 1 unspecified atom stereocenters. The van der Waals surface area contributed by atoms with Crippen LogP contribution in [-0.4, -0.2) is 51.3 Å². The van der Waals surface area contributed by atoms with Gasteiger partial charge in [-0.25, -0.2) is 19.6 Å². The number of amides is 2. The molecule has 4 heterocycles. The van der Waals surface area contributed by atoms with Crippen LogP contribution in [0.1, 0.15) is 41.9 Å². The van der Waals surface area contributed by atoms with E-state index in [1.54, 1.807) is 23.6 Å². The first-order valence-corrected chi connectivity index (χ1v) is 13.7. The lowest BCUT2D eigenvalue weighted by Gasteiger charge is -2.27. The number of alkyl halides is 3. The molecule has 3 aromatic heterocycles. The van der Waals surface area contributed by atoms with E-state index in [0.717, 1.165) is 36.1 Å². The van der Waals surface area contributed by atoms with Gasteiger partial charge in [0.1, 0.15) is 16.4 Å². The summed E-state index contributed by atoms with van der Waals surface area (Å²) < 4.78 is 41.9. The maximum absolute atomic E-state index is 13.4. The summed E-state index contributed by atoms with van der Waals surface area (Å²) in [5.41, 5.74) is -0.564. The number of carbonyl (C=O) groups is 2. The van der Waals surface area contributed by atoms with Gasteiger partial charge < -0.3 is 20.3 Å². The topological polar surface area (TPSA) is 138 Å². The number of benzene rings is 1. The minimum atomic E-state index is -4.65. The highest BCUT2D eigenvalue weighted by molar-refractivity contribution is 7.13. The fourth-order valence-electron chi connectivity index (χ4n) is 4.83. The van der Waals surface area contributed by atoms with Crippen LogP contribution in [0.4, 0.5) is 23.8 Å². The third-order valence-corrected chi connectivity index (χ3v) is 7.62. The fourth-order valence-corrected chi connectivity index (χ4v) is 5.68. The fraction of sp³-hybridized carbons (Fsp3) is 0.296. The summed E-state index contributed by atoms with van der Waals surface area (Å²) in [7, 11) is 0. The highest BCUT2D eigenvalue weighted by atomic mass is 32.1. The first-order chi connectivity index (χ1) is 19.6. The van der Waals surface area contributed by atoms with E-state index in [-0.39, 0.29) is 33.4 Å². The molecule has 0 radical (unpaired) electrons. The van der Waals surface area contributed by atoms with E-state index in [0.29, 0.717) is 29.7 Å². The van der Waals surface area contributed by atoms with E-state index >= 15 is 0 Å². The Balaban J connectivity index is 1.68. The third-order valence-electron chi connectivity index (χ3n) is 6.75. The Morgan fingerprint density at radius 2 is 2.05 bits per heavy atom. The van der Waals surface area contributed by atoms with Gasteiger partial charge in [-0.2, -0.15) is 13.2 Å². The molecule has 0 bridgehead atoms. The van der Waals surface area contributed by atoms with Crippen molar-refractivity contribution in [3.05, 3.63) is 63.5 Å². The number of anilines is 1. The Kier molecular flexibility index (Phi) is 7.78. The molecule has 4 aromatic rings. The number of rotatable bonds is 6. The number of thiazole rings is 1. The van der Waals surface area contributed by atoms with Crippen molar-refractivity contribution < 1.29 is 27.9 Å². The Bertz CT molecular complexity index is 1690. The van der Waals surface area contributed by atoms with Crippen LogP contribution in [0.5, 0.6) is 0 Å². The molecule has 1 aliphatic heterocycles. The van der Waals surface area contributed by atoms with Crippen molar-refractivity contribution in [3.8, 4) is 21.7 Å². The van der Waals surface area contributed by atoms with Crippen LogP contribution in [0.15, 0.2) is 46.8 Å². The lowest BCUT2D eigenvalue weighted by molar-refractivity contribution is -0.140. The van der Waals surface area contributed by atoms with Gasteiger partial charge in [0.05, 0.1) is 5.52 Å². The molecule has 0 spiro atoms. The molecule has 1 saturated heterocycles. The van der Waals surface area contributed by atoms with E-state index in [2.05, 4.69) is 25.9 Å². The first-order valence-electron chi connectivity index (χ1n) is 12.8. The number of halogens is 3. The second-order valence-corrected chi connectivity index (χ2v) is 10.3. The monoisotopic (exact) mass is 586 g/mol. The van der Waals surface area contributed by atoms with Crippen molar-refractivity contribution in [1.29, 1.82) is 0 Å². The molecular weight excluding hydrogens is 561 g/mol. The van der Waals surface area contributed by atoms with E-state index in [4.69, 9.17) is 0 Å². The molecule has 5 rings (SSSR count). The smallest absolute Gasteiger partial charge is 0.434 e. The maximum atomic E-state index is 13.4. The number of nitrogens with one attached hydrogen (secondary N) is 3. The number of hydrogen-bond donors (Lipinski definition) is 4. The summed E-state index contributed by atoms with van der Waals surface area (Å²) in [5.74, 6) is -1.27. The molecule has 14 heteroatoms. The number of nitrogens with zero attached hydrogens (tertiary/aromatic N) is 3. The van der Waals surface area contributed by atoms with Gasteiger partial charge in [-0.05, 0) is 50.1 Å². The molecule has 1 aromatic carbocycles. The van der Waals surface area contributed by atoms with E-state index in [9.17, 15) is 32.7 Å². The van der Waals surface area contributed by atoms with Gasteiger partial charge in [0.2, 0.25) is 5.43 Å². The summed E-state index contributed by atoms with van der Waals surface area (Å²) in [6, 6.07) is 5.71. The summed E-state index contributed by atoms with van der Waals surface area (Å²) in [4.78, 5) is 45.4. The largest absolute Gasteiger partial charge is 0.477 e. The summed E-state index contributed by atoms with van der Waals surface area (Å²) in [6.45, 7) is 3.53. The lowest BCUT2D eigenvalue weighted by atomic mass is 9.98. The Labute approximate surface area is 235 Å². The standard InChI is InChI=1S/C27H25F3N6O4S/c1-2-32-26(40)35-22-9-16(24-34-21(13-41-24)27(28,29)30)18(11-33-22)14-5-6-20-17(8-14)23(37)19(25(38)39)12-36(20)15-4-3-7-31-10-15/h5-6,8-9,11-13,15,31H,2-4,7,10H2,1H3,(H,38,39)(H2,32,33,35,40). The first kappa shape index (κ1) is 28.2. The zero-order valence-corrected chi connectivity index (χ0v) is 22.5.